The molecule has 0 spiro atoms. The van der Waals surface area contributed by atoms with Crippen LogP contribution in [0.1, 0.15) is 41.6 Å². The summed E-state index contributed by atoms with van der Waals surface area (Å²) >= 11 is 0. The van der Waals surface area contributed by atoms with E-state index in [0.717, 1.165) is 19.3 Å². The molecule has 1 amide bonds. The van der Waals surface area contributed by atoms with Gasteiger partial charge < -0.3 is 14.2 Å². The summed E-state index contributed by atoms with van der Waals surface area (Å²) in [6.07, 6.45) is 2.66. The highest BCUT2D eigenvalue weighted by molar-refractivity contribution is 5.94. The summed E-state index contributed by atoms with van der Waals surface area (Å²) in [6, 6.07) is 12.7. The number of nitrogens with zero attached hydrogens (tertiary/aromatic N) is 3. The summed E-state index contributed by atoms with van der Waals surface area (Å²) in [6.45, 7) is 0.629. The number of halogens is 1. The smallest absolute Gasteiger partial charge is 0.254 e. The molecule has 1 aromatic heterocycles. The highest BCUT2D eigenvalue weighted by Crippen LogP contribution is 2.32. The second kappa shape index (κ2) is 7.80. The number of amides is 1. The lowest BCUT2D eigenvalue weighted by atomic mass is 10.0. The molecule has 1 unspecified atom stereocenters. The van der Waals surface area contributed by atoms with Crippen LogP contribution in [0.5, 0.6) is 5.75 Å². The van der Waals surface area contributed by atoms with Crippen molar-refractivity contribution in [1.82, 2.24) is 15.0 Å². The Morgan fingerprint density at radius 1 is 1.14 bits per heavy atom. The number of benzene rings is 2. The molecule has 0 bridgehead atoms. The van der Waals surface area contributed by atoms with E-state index in [1.54, 1.807) is 48.4 Å². The van der Waals surface area contributed by atoms with Gasteiger partial charge in [0.25, 0.3) is 5.91 Å². The Morgan fingerprint density at radius 3 is 2.61 bits per heavy atom. The van der Waals surface area contributed by atoms with E-state index in [9.17, 15) is 9.18 Å². The fourth-order valence-corrected chi connectivity index (χ4v) is 3.42. The van der Waals surface area contributed by atoms with Crippen molar-refractivity contribution in [3.05, 3.63) is 65.8 Å². The van der Waals surface area contributed by atoms with Crippen LogP contribution in [0.2, 0.25) is 0 Å². The van der Waals surface area contributed by atoms with Gasteiger partial charge in [-0.1, -0.05) is 5.16 Å². The Balaban J connectivity index is 1.58. The molecule has 1 saturated heterocycles. The lowest BCUT2D eigenvalue weighted by molar-refractivity contribution is 0.0561. The van der Waals surface area contributed by atoms with Crippen molar-refractivity contribution >= 4 is 5.91 Å². The molecule has 4 rings (SSSR count). The second-order valence-electron chi connectivity index (χ2n) is 6.70. The minimum Gasteiger partial charge on any atom is -0.497 e. The van der Waals surface area contributed by atoms with Crippen molar-refractivity contribution in [3.8, 4) is 17.1 Å². The van der Waals surface area contributed by atoms with Gasteiger partial charge in [0.05, 0.1) is 7.11 Å². The highest BCUT2D eigenvalue weighted by atomic mass is 19.1. The van der Waals surface area contributed by atoms with Crippen molar-refractivity contribution in [3.63, 3.8) is 0 Å². The van der Waals surface area contributed by atoms with Crippen LogP contribution in [-0.2, 0) is 0 Å². The number of carbonyl (C=O) groups excluding carboxylic acids is 1. The first-order valence-corrected chi connectivity index (χ1v) is 9.20. The van der Waals surface area contributed by atoms with Crippen LogP contribution in [0.15, 0.2) is 53.1 Å². The predicted octanol–water partition coefficient (Wildman–Crippen LogP) is 4.25. The number of likely N-dealkylation sites (tertiary alicyclic amines) is 1. The molecule has 2 heterocycles. The molecule has 0 aliphatic carbocycles. The van der Waals surface area contributed by atoms with Crippen molar-refractivity contribution in [2.24, 2.45) is 0 Å². The number of hydrogen-bond donors (Lipinski definition) is 0. The van der Waals surface area contributed by atoms with E-state index < -0.39 is 0 Å². The van der Waals surface area contributed by atoms with Gasteiger partial charge in [-0.2, -0.15) is 4.98 Å². The van der Waals surface area contributed by atoms with Gasteiger partial charge in [0.2, 0.25) is 11.7 Å². The van der Waals surface area contributed by atoms with Gasteiger partial charge in [-0.15, -0.1) is 0 Å². The summed E-state index contributed by atoms with van der Waals surface area (Å²) in [4.78, 5) is 19.3. The Kier molecular flexibility index (Phi) is 5.06. The van der Waals surface area contributed by atoms with Gasteiger partial charge in [0.1, 0.15) is 17.6 Å². The zero-order valence-electron chi connectivity index (χ0n) is 15.5. The third kappa shape index (κ3) is 3.60. The SMILES string of the molecule is COc1ccc(C(=O)N2CCCCC2c2nc(-c3ccc(F)cc3)no2)cc1. The zero-order chi connectivity index (χ0) is 19.5. The van der Waals surface area contributed by atoms with Gasteiger partial charge in [0, 0.05) is 17.7 Å². The maximum absolute atomic E-state index is 13.1. The summed E-state index contributed by atoms with van der Waals surface area (Å²) in [5.41, 5.74) is 1.26. The standard InChI is InChI=1S/C21H20FN3O3/c1-27-17-11-7-15(8-12-17)21(26)25-13-3-2-4-18(25)20-23-19(24-28-20)14-5-9-16(22)10-6-14/h5-12,18H,2-4,13H2,1H3. The van der Waals surface area contributed by atoms with E-state index in [1.165, 1.54) is 12.1 Å². The molecule has 3 aromatic rings. The van der Waals surface area contributed by atoms with Crippen LogP contribution >= 0.6 is 0 Å². The van der Waals surface area contributed by atoms with Gasteiger partial charge in [-0.3, -0.25) is 4.79 Å². The minimum atomic E-state index is -0.323. The van der Waals surface area contributed by atoms with E-state index in [1.807, 2.05) is 0 Å². The molecule has 7 heteroatoms. The van der Waals surface area contributed by atoms with Crippen LogP contribution in [-0.4, -0.2) is 34.6 Å². The molecule has 144 valence electrons. The van der Waals surface area contributed by atoms with Crippen molar-refractivity contribution < 1.29 is 18.4 Å². The van der Waals surface area contributed by atoms with Crippen LogP contribution in [0.25, 0.3) is 11.4 Å². The average Bonchev–Trinajstić information content (AvgIpc) is 3.24. The van der Waals surface area contributed by atoms with E-state index in [4.69, 9.17) is 9.26 Å². The number of carbonyl (C=O) groups is 1. The maximum Gasteiger partial charge on any atom is 0.254 e. The quantitative estimate of drug-likeness (QED) is 0.676. The van der Waals surface area contributed by atoms with Crippen LogP contribution in [0.3, 0.4) is 0 Å². The Bertz CT molecular complexity index is 954. The number of aromatic nitrogens is 2. The number of piperidine rings is 1. The third-order valence-corrected chi connectivity index (χ3v) is 4.93. The molecular weight excluding hydrogens is 361 g/mol. The van der Waals surface area contributed by atoms with Crippen molar-refractivity contribution in [2.75, 3.05) is 13.7 Å². The Morgan fingerprint density at radius 2 is 1.89 bits per heavy atom. The van der Waals surface area contributed by atoms with Crippen molar-refractivity contribution in [1.29, 1.82) is 0 Å². The molecule has 1 aliphatic rings. The molecule has 1 atom stereocenters. The van der Waals surface area contributed by atoms with E-state index in [0.29, 0.717) is 35.1 Å². The topological polar surface area (TPSA) is 68.5 Å². The summed E-state index contributed by atoms with van der Waals surface area (Å²) < 4.78 is 23.8. The number of methoxy groups -OCH3 is 1. The maximum atomic E-state index is 13.1. The lowest BCUT2D eigenvalue weighted by Gasteiger charge is -2.33. The number of hydrogen-bond acceptors (Lipinski definition) is 5. The molecule has 1 fully saturated rings. The van der Waals surface area contributed by atoms with Gasteiger partial charge in [0.15, 0.2) is 0 Å². The molecule has 1 aliphatic heterocycles. The molecule has 0 N–H and O–H groups in total. The predicted molar refractivity (Wildman–Crippen MR) is 100 cm³/mol. The van der Waals surface area contributed by atoms with Gasteiger partial charge >= 0.3 is 0 Å². The van der Waals surface area contributed by atoms with Crippen LogP contribution < -0.4 is 4.74 Å². The van der Waals surface area contributed by atoms with Crippen molar-refractivity contribution in [2.45, 2.75) is 25.3 Å². The highest BCUT2D eigenvalue weighted by Gasteiger charge is 2.32. The average molecular weight is 381 g/mol. The fraction of sp³-hybridized carbons (Fsp3) is 0.286. The summed E-state index contributed by atoms with van der Waals surface area (Å²) in [7, 11) is 1.59. The molecule has 0 saturated carbocycles. The van der Waals surface area contributed by atoms with Gasteiger partial charge in [-0.25, -0.2) is 4.39 Å². The fourth-order valence-electron chi connectivity index (χ4n) is 3.42. The zero-order valence-corrected chi connectivity index (χ0v) is 15.5. The third-order valence-electron chi connectivity index (χ3n) is 4.93. The first-order chi connectivity index (χ1) is 13.7. The number of ether oxygens (including phenoxy) is 1. The monoisotopic (exact) mass is 381 g/mol. The first kappa shape index (κ1) is 18.2. The molecule has 2 aromatic carbocycles. The second-order valence-corrected chi connectivity index (χ2v) is 6.70. The van der Waals surface area contributed by atoms with E-state index in [-0.39, 0.29) is 17.8 Å². The largest absolute Gasteiger partial charge is 0.497 e. The molecular formula is C21H20FN3O3. The molecule has 6 nitrogen and oxygen atoms in total. The first-order valence-electron chi connectivity index (χ1n) is 9.20. The van der Waals surface area contributed by atoms with Crippen LogP contribution in [0.4, 0.5) is 4.39 Å². The lowest BCUT2D eigenvalue weighted by Crippen LogP contribution is -2.38. The minimum absolute atomic E-state index is 0.0751. The summed E-state index contributed by atoms with van der Waals surface area (Å²) in [5, 5.41) is 4.02. The van der Waals surface area contributed by atoms with E-state index in [2.05, 4.69) is 10.1 Å². The van der Waals surface area contributed by atoms with E-state index >= 15 is 0 Å². The Labute approximate surface area is 161 Å². The van der Waals surface area contributed by atoms with Gasteiger partial charge in [-0.05, 0) is 67.8 Å². The normalized spacial score (nSPS) is 16.8. The Hall–Kier alpha value is -3.22. The summed E-state index contributed by atoms with van der Waals surface area (Å²) in [5.74, 6) is 1.09. The molecule has 0 radical (unpaired) electrons. The molecule has 28 heavy (non-hydrogen) atoms. The number of rotatable bonds is 4. The van der Waals surface area contributed by atoms with Crippen LogP contribution in [0, 0.1) is 5.82 Å².